The molecule has 6 heterocycles. The van der Waals surface area contributed by atoms with E-state index in [1.807, 2.05) is 24.3 Å². The number of rotatable bonds is 5. The number of piperidine rings is 1. The molecular weight excluding hydrogens is 458 g/mol. The molecule has 4 atom stereocenters. The fourth-order valence-corrected chi connectivity index (χ4v) is 6.36. The van der Waals surface area contributed by atoms with E-state index in [0.29, 0.717) is 29.4 Å². The van der Waals surface area contributed by atoms with Crippen LogP contribution >= 0.6 is 0 Å². The zero-order chi connectivity index (χ0) is 24.2. The van der Waals surface area contributed by atoms with E-state index in [4.69, 9.17) is 29.2 Å². The summed E-state index contributed by atoms with van der Waals surface area (Å²) in [6.45, 7) is 3.96. The lowest BCUT2D eigenvalue weighted by Gasteiger charge is -2.36. The van der Waals surface area contributed by atoms with Gasteiger partial charge in [0.1, 0.15) is 11.6 Å². The number of ether oxygens (including phenoxy) is 3. The molecule has 2 aromatic heterocycles. The van der Waals surface area contributed by atoms with Gasteiger partial charge in [-0.05, 0) is 49.6 Å². The summed E-state index contributed by atoms with van der Waals surface area (Å²) in [4.78, 5) is 20.0. The van der Waals surface area contributed by atoms with Crippen LogP contribution in [0.25, 0.3) is 22.3 Å². The highest BCUT2D eigenvalue weighted by Gasteiger charge is 2.40. The Balaban J connectivity index is 1.35. The maximum Gasteiger partial charge on any atom is 0.230 e. The summed E-state index contributed by atoms with van der Waals surface area (Å²) in [7, 11) is 1.61. The van der Waals surface area contributed by atoms with Crippen LogP contribution in [0.5, 0.6) is 5.75 Å². The van der Waals surface area contributed by atoms with Gasteiger partial charge in [0, 0.05) is 30.1 Å². The molecule has 3 aromatic rings. The third kappa shape index (κ3) is 3.68. The number of anilines is 2. The highest BCUT2D eigenvalue weighted by Crippen LogP contribution is 2.38. The first-order valence-electron chi connectivity index (χ1n) is 12.9. The SMILES string of the molecule is COc1ccc(-c2ccc3c(N4CC5COC(C5)C4)nc(N4C5CCC4COC5)nc3n2)cc1CO. The first kappa shape index (κ1) is 22.2. The molecule has 9 nitrogen and oxygen atoms in total. The number of hydrogen-bond acceptors (Lipinski definition) is 9. The minimum Gasteiger partial charge on any atom is -0.496 e. The molecule has 4 aliphatic heterocycles. The van der Waals surface area contributed by atoms with Crippen molar-refractivity contribution in [3.8, 4) is 17.0 Å². The summed E-state index contributed by atoms with van der Waals surface area (Å²) in [6.07, 6.45) is 3.60. The van der Waals surface area contributed by atoms with Gasteiger partial charge in [-0.3, -0.25) is 0 Å². The minimum absolute atomic E-state index is 0.0970. The number of pyridine rings is 1. The molecule has 188 valence electrons. The molecule has 4 aliphatic rings. The van der Waals surface area contributed by atoms with Crippen LogP contribution in [0, 0.1) is 5.92 Å². The second-order valence-corrected chi connectivity index (χ2v) is 10.4. The minimum atomic E-state index is -0.0970. The van der Waals surface area contributed by atoms with Gasteiger partial charge in [-0.15, -0.1) is 0 Å². The molecule has 4 saturated heterocycles. The van der Waals surface area contributed by atoms with Crippen molar-refractivity contribution < 1.29 is 19.3 Å². The number of morpholine rings is 1. The highest BCUT2D eigenvalue weighted by molar-refractivity contribution is 5.90. The molecule has 9 heteroatoms. The Morgan fingerprint density at radius 2 is 1.89 bits per heavy atom. The monoisotopic (exact) mass is 489 g/mol. The van der Waals surface area contributed by atoms with Crippen LogP contribution in [0.2, 0.25) is 0 Å². The summed E-state index contributed by atoms with van der Waals surface area (Å²) >= 11 is 0. The van der Waals surface area contributed by atoms with Crippen molar-refractivity contribution in [3.63, 3.8) is 0 Å². The number of aliphatic hydroxyl groups excluding tert-OH is 1. The highest BCUT2D eigenvalue weighted by atomic mass is 16.5. The number of methoxy groups -OCH3 is 1. The molecule has 7 rings (SSSR count). The van der Waals surface area contributed by atoms with Crippen molar-refractivity contribution in [1.29, 1.82) is 0 Å². The lowest BCUT2D eigenvalue weighted by atomic mass is 10.00. The van der Waals surface area contributed by atoms with Gasteiger partial charge in [-0.1, -0.05) is 0 Å². The van der Waals surface area contributed by atoms with Gasteiger partial charge >= 0.3 is 0 Å². The van der Waals surface area contributed by atoms with Gasteiger partial charge in [0.15, 0.2) is 5.65 Å². The van der Waals surface area contributed by atoms with Crippen LogP contribution in [-0.4, -0.2) is 78.3 Å². The molecule has 0 saturated carbocycles. The molecule has 4 bridgehead atoms. The van der Waals surface area contributed by atoms with Crippen LogP contribution < -0.4 is 14.5 Å². The summed E-state index contributed by atoms with van der Waals surface area (Å²) < 4.78 is 17.2. The summed E-state index contributed by atoms with van der Waals surface area (Å²) in [5, 5.41) is 10.8. The molecule has 36 heavy (non-hydrogen) atoms. The van der Waals surface area contributed by atoms with Crippen LogP contribution in [0.15, 0.2) is 30.3 Å². The number of fused-ring (bicyclic) bond motifs is 5. The quantitative estimate of drug-likeness (QED) is 0.581. The van der Waals surface area contributed by atoms with E-state index in [9.17, 15) is 5.11 Å². The smallest absolute Gasteiger partial charge is 0.230 e. The number of aromatic nitrogens is 3. The normalized spacial score (nSPS) is 27.2. The van der Waals surface area contributed by atoms with Crippen molar-refractivity contribution in [3.05, 3.63) is 35.9 Å². The van der Waals surface area contributed by atoms with E-state index in [1.165, 1.54) is 0 Å². The maximum atomic E-state index is 9.80. The Hall–Kier alpha value is -3.01. The second-order valence-electron chi connectivity index (χ2n) is 10.4. The van der Waals surface area contributed by atoms with Crippen LogP contribution in [0.1, 0.15) is 24.8 Å². The molecular formula is C27H31N5O4. The fourth-order valence-electron chi connectivity index (χ4n) is 6.36. The molecule has 1 aromatic carbocycles. The number of nitrogens with zero attached hydrogens (tertiary/aromatic N) is 5. The van der Waals surface area contributed by atoms with Crippen molar-refractivity contribution in [1.82, 2.24) is 15.0 Å². The van der Waals surface area contributed by atoms with E-state index >= 15 is 0 Å². The average molecular weight is 490 g/mol. The standard InChI is InChI=1S/C27H31N5O4/c1-34-24-7-2-17(9-18(24)12-33)23-6-5-22-25(28-23)29-27(32-19-3-4-20(32)15-35-14-19)30-26(22)31-10-16-8-21(11-31)36-13-16/h2,5-7,9,16,19-21,33H,3-4,8,10-15H2,1H3. The van der Waals surface area contributed by atoms with Crippen molar-refractivity contribution in [2.45, 2.75) is 44.1 Å². The van der Waals surface area contributed by atoms with E-state index in [-0.39, 0.29) is 12.7 Å². The van der Waals surface area contributed by atoms with Gasteiger partial charge in [0.25, 0.3) is 0 Å². The number of benzene rings is 1. The second kappa shape index (κ2) is 8.83. The number of aliphatic hydroxyl groups is 1. The fraction of sp³-hybridized carbons (Fsp3) is 0.519. The summed E-state index contributed by atoms with van der Waals surface area (Å²) in [5.41, 5.74) is 3.15. The average Bonchev–Trinajstić information content (AvgIpc) is 3.39. The molecule has 1 N–H and O–H groups in total. The zero-order valence-electron chi connectivity index (χ0n) is 20.5. The molecule has 0 aliphatic carbocycles. The Morgan fingerprint density at radius 3 is 2.67 bits per heavy atom. The van der Waals surface area contributed by atoms with E-state index in [1.54, 1.807) is 7.11 Å². The molecule has 0 radical (unpaired) electrons. The Labute approximate surface area is 210 Å². The molecule has 4 unspecified atom stereocenters. The first-order chi connectivity index (χ1) is 17.7. The van der Waals surface area contributed by atoms with Crippen molar-refractivity contribution in [2.75, 3.05) is 49.8 Å². The van der Waals surface area contributed by atoms with E-state index in [0.717, 1.165) is 86.1 Å². The van der Waals surface area contributed by atoms with Crippen LogP contribution in [0.4, 0.5) is 11.8 Å². The Morgan fingerprint density at radius 1 is 1.03 bits per heavy atom. The van der Waals surface area contributed by atoms with Crippen molar-refractivity contribution in [2.24, 2.45) is 5.92 Å². The van der Waals surface area contributed by atoms with Crippen LogP contribution in [0.3, 0.4) is 0 Å². The Bertz CT molecular complexity index is 1270. The summed E-state index contributed by atoms with van der Waals surface area (Å²) in [6, 6.07) is 10.5. The molecule has 4 fully saturated rings. The van der Waals surface area contributed by atoms with E-state index < -0.39 is 0 Å². The third-order valence-electron chi connectivity index (χ3n) is 8.11. The summed E-state index contributed by atoms with van der Waals surface area (Å²) in [5.74, 6) is 2.91. The largest absolute Gasteiger partial charge is 0.496 e. The van der Waals surface area contributed by atoms with Gasteiger partial charge in [-0.25, -0.2) is 4.98 Å². The van der Waals surface area contributed by atoms with Gasteiger partial charge in [0.05, 0.1) is 62.8 Å². The predicted octanol–water partition coefficient (Wildman–Crippen LogP) is 2.79. The van der Waals surface area contributed by atoms with Gasteiger partial charge in [-0.2, -0.15) is 9.97 Å². The molecule has 0 amide bonds. The zero-order valence-corrected chi connectivity index (χ0v) is 20.5. The first-order valence-corrected chi connectivity index (χ1v) is 12.9. The topological polar surface area (TPSA) is 93.1 Å². The van der Waals surface area contributed by atoms with E-state index in [2.05, 4.69) is 15.9 Å². The molecule has 0 spiro atoms. The van der Waals surface area contributed by atoms with Crippen molar-refractivity contribution >= 4 is 22.8 Å². The van der Waals surface area contributed by atoms with Crippen LogP contribution in [-0.2, 0) is 16.1 Å². The van der Waals surface area contributed by atoms with Gasteiger partial charge < -0.3 is 29.1 Å². The maximum absolute atomic E-state index is 9.80. The third-order valence-corrected chi connectivity index (χ3v) is 8.11. The van der Waals surface area contributed by atoms with Gasteiger partial charge in [0.2, 0.25) is 5.95 Å². The Kier molecular flexibility index (Phi) is 5.45. The lowest BCUT2D eigenvalue weighted by molar-refractivity contribution is 0.0898. The predicted molar refractivity (Wildman–Crippen MR) is 135 cm³/mol. The lowest BCUT2D eigenvalue weighted by Crippen LogP contribution is -2.47. The number of hydrogen-bond donors (Lipinski definition) is 1.